The van der Waals surface area contributed by atoms with E-state index in [2.05, 4.69) is 58.4 Å². The number of unbranched alkanes of at least 4 members (excludes halogenated alkanes) is 1. The number of carbonyl (C=O) groups is 2. The van der Waals surface area contributed by atoms with E-state index in [1.807, 2.05) is 25.1 Å². The van der Waals surface area contributed by atoms with Crippen LogP contribution >= 0.6 is 0 Å². The Bertz CT molecular complexity index is 1860. The average Bonchev–Trinajstić information content (AvgIpc) is 3.35. The minimum atomic E-state index is -0.996. The molecule has 1 unspecified atom stereocenters. The number of phenols is 1. The van der Waals surface area contributed by atoms with Crippen LogP contribution in [0, 0.1) is 11.3 Å². The predicted octanol–water partition coefficient (Wildman–Crippen LogP) is 7.63. The van der Waals surface area contributed by atoms with Crippen molar-refractivity contribution in [3.63, 3.8) is 0 Å². The van der Waals surface area contributed by atoms with Gasteiger partial charge in [-0.2, -0.15) is 9.94 Å². The number of esters is 1. The lowest BCUT2D eigenvalue weighted by molar-refractivity contribution is -0.136. The molecule has 1 aromatic heterocycles. The average molecular weight is 641 g/mol. The van der Waals surface area contributed by atoms with Crippen LogP contribution < -0.4 is 21.2 Å². The molecule has 10 heteroatoms. The second kappa shape index (κ2) is 14.2. The second-order valence-corrected chi connectivity index (χ2v) is 13.1. The van der Waals surface area contributed by atoms with Crippen LogP contribution in [0.5, 0.6) is 11.5 Å². The minimum absolute atomic E-state index is 0.0538. The van der Waals surface area contributed by atoms with Crippen molar-refractivity contribution in [3.05, 3.63) is 81.8 Å². The van der Waals surface area contributed by atoms with E-state index in [1.165, 1.54) is 12.1 Å². The van der Waals surface area contributed by atoms with E-state index >= 15 is 0 Å². The highest BCUT2D eigenvalue weighted by atomic mass is 16.5. The molecule has 0 aliphatic carbocycles. The van der Waals surface area contributed by atoms with Crippen molar-refractivity contribution in [1.29, 1.82) is 5.26 Å². The van der Waals surface area contributed by atoms with E-state index < -0.39 is 23.8 Å². The fourth-order valence-corrected chi connectivity index (χ4v) is 5.21. The molecule has 0 saturated heterocycles. The number of nitrogens with one attached hydrogen (secondary N) is 2. The Kier molecular flexibility index (Phi) is 10.5. The highest BCUT2D eigenvalue weighted by molar-refractivity contribution is 5.91. The Morgan fingerprint density at radius 1 is 1.00 bits per heavy atom. The summed E-state index contributed by atoms with van der Waals surface area (Å²) in [6, 6.07) is 15.5. The topological polar surface area (TPSA) is 147 Å². The van der Waals surface area contributed by atoms with Gasteiger partial charge in [0.15, 0.2) is 5.58 Å². The van der Waals surface area contributed by atoms with Gasteiger partial charge in [0.05, 0.1) is 11.6 Å². The number of oxazole rings is 1. The molecule has 1 heterocycles. The van der Waals surface area contributed by atoms with Gasteiger partial charge in [0.25, 0.3) is 0 Å². The molecule has 0 radical (unpaired) electrons. The van der Waals surface area contributed by atoms with Crippen molar-refractivity contribution in [1.82, 2.24) is 9.99 Å². The summed E-state index contributed by atoms with van der Waals surface area (Å²) < 4.78 is 12.2. The summed E-state index contributed by atoms with van der Waals surface area (Å²) in [5.74, 6) is -1.21. The molecule has 3 aromatic carbocycles. The number of hydrogen-bond acceptors (Lipinski definition) is 7. The molecule has 248 valence electrons. The largest absolute Gasteiger partial charge is 0.507 e. The quantitative estimate of drug-likeness (QED) is 0.107. The van der Waals surface area contributed by atoms with Crippen LogP contribution in [0.15, 0.2) is 63.8 Å². The first-order chi connectivity index (χ1) is 22.2. The summed E-state index contributed by atoms with van der Waals surface area (Å²) in [7, 11) is 0. The third-order valence-corrected chi connectivity index (χ3v) is 9.14. The smallest absolute Gasteiger partial charge is 0.439 e. The first kappa shape index (κ1) is 34.8. The van der Waals surface area contributed by atoms with Gasteiger partial charge in [-0.15, -0.1) is 0 Å². The van der Waals surface area contributed by atoms with Gasteiger partial charge in [0.1, 0.15) is 23.1 Å². The number of nitrogens with zero attached hydrogens (tertiary/aromatic N) is 2. The SMILES string of the molecule is CCCCC(NC(=O)Nn1c(=O)oc2cc(-c3ccc(C#N)cc3)c(O)cc21)C(=O)Oc1ccc(C(C)(C)CC)cc1C(C)(C)CC. The number of benzene rings is 3. The molecule has 0 saturated carbocycles. The molecule has 1 atom stereocenters. The summed E-state index contributed by atoms with van der Waals surface area (Å²) in [5.41, 5.74) is 5.88. The molecule has 4 aromatic rings. The maximum Gasteiger partial charge on any atom is 0.439 e. The molecule has 2 amide bonds. The van der Waals surface area contributed by atoms with Crippen LogP contribution in [0.1, 0.15) is 97.3 Å². The van der Waals surface area contributed by atoms with Gasteiger partial charge in [-0.25, -0.2) is 19.8 Å². The van der Waals surface area contributed by atoms with Gasteiger partial charge in [-0.3, -0.25) is 0 Å². The number of nitriles is 1. The summed E-state index contributed by atoms with van der Waals surface area (Å²) >= 11 is 0. The van der Waals surface area contributed by atoms with Gasteiger partial charge in [-0.05, 0) is 65.5 Å². The number of aromatic nitrogens is 1. The van der Waals surface area contributed by atoms with Gasteiger partial charge >= 0.3 is 17.8 Å². The molecule has 10 nitrogen and oxygen atoms in total. The van der Waals surface area contributed by atoms with Crippen molar-refractivity contribution in [3.8, 4) is 28.7 Å². The van der Waals surface area contributed by atoms with Crippen LogP contribution in [0.2, 0.25) is 0 Å². The maximum absolute atomic E-state index is 13.6. The summed E-state index contributed by atoms with van der Waals surface area (Å²) in [5, 5.41) is 22.5. The first-order valence-corrected chi connectivity index (χ1v) is 16.1. The first-order valence-electron chi connectivity index (χ1n) is 16.1. The zero-order chi connectivity index (χ0) is 34.5. The van der Waals surface area contributed by atoms with Gasteiger partial charge in [0.2, 0.25) is 0 Å². The van der Waals surface area contributed by atoms with Crippen LogP contribution in [0.3, 0.4) is 0 Å². The lowest BCUT2D eigenvalue weighted by atomic mass is 9.76. The molecular weight excluding hydrogens is 596 g/mol. The number of rotatable bonds is 12. The Labute approximate surface area is 275 Å². The molecule has 0 spiro atoms. The van der Waals surface area contributed by atoms with Crippen LogP contribution in [0.25, 0.3) is 22.2 Å². The molecular formula is C37H44N4O6. The van der Waals surface area contributed by atoms with E-state index in [0.29, 0.717) is 35.3 Å². The van der Waals surface area contributed by atoms with E-state index in [0.717, 1.165) is 35.1 Å². The highest BCUT2D eigenvalue weighted by Gasteiger charge is 2.30. The summed E-state index contributed by atoms with van der Waals surface area (Å²) in [6.07, 6.45) is 3.53. The lowest BCUT2D eigenvalue weighted by Gasteiger charge is -2.30. The van der Waals surface area contributed by atoms with E-state index in [4.69, 9.17) is 14.4 Å². The van der Waals surface area contributed by atoms with Crippen molar-refractivity contribution in [2.24, 2.45) is 0 Å². The molecule has 0 fully saturated rings. The van der Waals surface area contributed by atoms with Gasteiger partial charge in [-0.1, -0.05) is 85.6 Å². The fraction of sp³-hybridized carbons (Fsp3) is 0.405. The zero-order valence-electron chi connectivity index (χ0n) is 28.2. The third-order valence-electron chi connectivity index (χ3n) is 9.14. The number of aromatic hydroxyl groups is 1. The number of fused-ring (bicyclic) bond motifs is 1. The number of phenolic OH excluding ortho intramolecular Hbond substituents is 1. The number of hydrogen-bond donors (Lipinski definition) is 3. The predicted molar refractivity (Wildman–Crippen MR) is 182 cm³/mol. The minimum Gasteiger partial charge on any atom is -0.507 e. The molecule has 0 aliphatic heterocycles. The Morgan fingerprint density at radius 2 is 1.68 bits per heavy atom. The lowest BCUT2D eigenvalue weighted by Crippen LogP contribution is -2.47. The number of ether oxygens (including phenoxy) is 1. The standard InChI is InChI=1S/C37H44N4O6/c1-8-11-12-28(33(43)46-31-18-17-25(36(4,5)9-2)19-27(31)37(6,7)10-3)39-34(44)40-41-29-21-30(42)26(20-32(29)47-35(41)45)24-15-13-23(22-38)14-16-24/h13-21,28,42H,8-12H2,1-7H3,(H2,39,40,44). The van der Waals surface area contributed by atoms with Crippen molar-refractivity contribution >= 4 is 23.1 Å². The fourth-order valence-electron chi connectivity index (χ4n) is 5.21. The molecule has 0 aliphatic rings. The normalized spacial score (nSPS) is 12.4. The van der Waals surface area contributed by atoms with E-state index in [-0.39, 0.29) is 27.7 Å². The monoisotopic (exact) mass is 640 g/mol. The highest BCUT2D eigenvalue weighted by Crippen LogP contribution is 2.39. The molecule has 3 N–H and O–H groups in total. The number of urea groups is 1. The van der Waals surface area contributed by atoms with Gasteiger partial charge < -0.3 is 19.6 Å². The summed E-state index contributed by atoms with van der Waals surface area (Å²) in [6.45, 7) is 14.8. The second-order valence-electron chi connectivity index (χ2n) is 13.1. The van der Waals surface area contributed by atoms with Crippen LogP contribution in [-0.2, 0) is 15.6 Å². The zero-order valence-corrected chi connectivity index (χ0v) is 28.2. The number of carbonyl (C=O) groups excluding carboxylic acids is 2. The Balaban J connectivity index is 1.58. The maximum atomic E-state index is 13.6. The van der Waals surface area contributed by atoms with Crippen LogP contribution in [-0.4, -0.2) is 27.8 Å². The van der Waals surface area contributed by atoms with Gasteiger partial charge in [0, 0.05) is 17.2 Å². The molecule has 0 bridgehead atoms. The van der Waals surface area contributed by atoms with Crippen molar-refractivity contribution < 1.29 is 23.8 Å². The molecule has 4 rings (SSSR count). The Morgan fingerprint density at radius 3 is 2.30 bits per heavy atom. The Hall–Kier alpha value is -5.04. The van der Waals surface area contributed by atoms with E-state index in [9.17, 15) is 19.5 Å². The van der Waals surface area contributed by atoms with Crippen LogP contribution in [0.4, 0.5) is 4.79 Å². The van der Waals surface area contributed by atoms with Crippen molar-refractivity contribution in [2.75, 3.05) is 5.43 Å². The third kappa shape index (κ3) is 7.68. The van der Waals surface area contributed by atoms with Crippen molar-refractivity contribution in [2.45, 2.75) is 97.4 Å². The van der Waals surface area contributed by atoms with E-state index in [1.54, 1.807) is 24.3 Å². The summed E-state index contributed by atoms with van der Waals surface area (Å²) in [4.78, 5) is 39.6. The number of amides is 2. The molecule has 47 heavy (non-hydrogen) atoms.